The summed E-state index contributed by atoms with van der Waals surface area (Å²) in [4.78, 5) is 0. The van der Waals surface area contributed by atoms with E-state index in [4.69, 9.17) is 5.84 Å². The fraction of sp³-hybridized carbons (Fsp3) is 0.818. The zero-order chi connectivity index (χ0) is 9.52. The van der Waals surface area contributed by atoms with Gasteiger partial charge in [-0.1, -0.05) is 25.7 Å². The third kappa shape index (κ3) is 3.80. The van der Waals surface area contributed by atoms with Gasteiger partial charge in [0.15, 0.2) is 0 Å². The second kappa shape index (κ2) is 6.01. The summed E-state index contributed by atoms with van der Waals surface area (Å²) >= 11 is 0. The third-order valence-corrected chi connectivity index (χ3v) is 2.85. The highest BCUT2D eigenvalue weighted by Gasteiger charge is 2.18. The Hall–Kier alpha value is -0.520. The van der Waals surface area contributed by atoms with E-state index in [0.717, 1.165) is 12.3 Å². The number of nitrogens with two attached hydrogens (primary N) is 1. The first-order valence-corrected chi connectivity index (χ1v) is 5.22. The molecule has 2 nitrogen and oxygen atoms in total. The smallest absolute Gasteiger partial charge is 0.0322 e. The molecular formula is C11H20N2. The highest BCUT2D eigenvalue weighted by molar-refractivity contribution is 4.98. The van der Waals surface area contributed by atoms with Gasteiger partial charge in [-0.3, -0.25) is 11.3 Å². The minimum Gasteiger partial charge on any atom is -0.271 e. The number of rotatable bonds is 4. The van der Waals surface area contributed by atoms with Crippen LogP contribution in [0.4, 0.5) is 0 Å². The van der Waals surface area contributed by atoms with E-state index in [-0.39, 0.29) is 0 Å². The molecule has 1 aliphatic rings. The minimum atomic E-state index is 0.399. The van der Waals surface area contributed by atoms with Gasteiger partial charge < -0.3 is 0 Å². The van der Waals surface area contributed by atoms with Crippen molar-refractivity contribution in [1.82, 2.24) is 5.43 Å². The maximum Gasteiger partial charge on any atom is 0.0322 e. The minimum absolute atomic E-state index is 0.399. The van der Waals surface area contributed by atoms with Crippen LogP contribution in [0.2, 0.25) is 0 Å². The van der Waals surface area contributed by atoms with Gasteiger partial charge in [0.1, 0.15) is 0 Å². The third-order valence-electron chi connectivity index (χ3n) is 2.85. The summed E-state index contributed by atoms with van der Waals surface area (Å²) in [6.07, 6.45) is 7.67. The molecule has 1 rings (SSSR count). The lowest BCUT2D eigenvalue weighted by molar-refractivity contribution is 0.396. The van der Waals surface area contributed by atoms with E-state index >= 15 is 0 Å². The number of hydrazine groups is 1. The molecule has 1 fully saturated rings. The van der Waals surface area contributed by atoms with Gasteiger partial charge in [-0.25, -0.2) is 0 Å². The van der Waals surface area contributed by atoms with E-state index in [1.807, 2.05) is 6.92 Å². The molecule has 0 spiro atoms. The summed E-state index contributed by atoms with van der Waals surface area (Å²) in [5.41, 5.74) is 2.86. The van der Waals surface area contributed by atoms with Gasteiger partial charge in [0, 0.05) is 12.5 Å². The van der Waals surface area contributed by atoms with Crippen molar-refractivity contribution in [3.8, 4) is 11.8 Å². The first-order valence-electron chi connectivity index (χ1n) is 5.22. The molecule has 13 heavy (non-hydrogen) atoms. The SMILES string of the molecule is CC#CCC(CC1CCCC1)NN. The summed E-state index contributed by atoms with van der Waals surface area (Å²) in [7, 11) is 0. The summed E-state index contributed by atoms with van der Waals surface area (Å²) < 4.78 is 0. The zero-order valence-corrected chi connectivity index (χ0v) is 8.47. The molecule has 1 saturated carbocycles. The Morgan fingerprint density at radius 2 is 2.15 bits per heavy atom. The molecule has 0 aliphatic heterocycles. The summed E-state index contributed by atoms with van der Waals surface area (Å²) in [6.45, 7) is 1.88. The van der Waals surface area contributed by atoms with Crippen LogP contribution in [0.5, 0.6) is 0 Å². The predicted molar refractivity (Wildman–Crippen MR) is 55.8 cm³/mol. The van der Waals surface area contributed by atoms with Gasteiger partial charge in [-0.05, 0) is 19.3 Å². The maximum atomic E-state index is 5.47. The fourth-order valence-electron chi connectivity index (χ4n) is 2.08. The molecule has 0 heterocycles. The average molecular weight is 180 g/mol. The van der Waals surface area contributed by atoms with Crippen LogP contribution in [-0.2, 0) is 0 Å². The Morgan fingerprint density at radius 3 is 2.69 bits per heavy atom. The van der Waals surface area contributed by atoms with Crippen LogP contribution in [0.3, 0.4) is 0 Å². The van der Waals surface area contributed by atoms with E-state index < -0.39 is 0 Å². The van der Waals surface area contributed by atoms with Crippen molar-refractivity contribution in [1.29, 1.82) is 0 Å². The lowest BCUT2D eigenvalue weighted by atomic mass is 9.97. The molecule has 2 heteroatoms. The normalized spacial score (nSPS) is 19.5. The fourth-order valence-corrected chi connectivity index (χ4v) is 2.08. The quantitative estimate of drug-likeness (QED) is 0.393. The molecule has 0 radical (unpaired) electrons. The van der Waals surface area contributed by atoms with Crippen molar-refractivity contribution in [2.45, 2.75) is 51.5 Å². The van der Waals surface area contributed by atoms with Gasteiger partial charge in [-0.15, -0.1) is 11.8 Å². The second-order valence-corrected chi connectivity index (χ2v) is 3.88. The van der Waals surface area contributed by atoms with Crippen LogP contribution >= 0.6 is 0 Å². The number of nitrogens with one attached hydrogen (secondary N) is 1. The molecule has 74 valence electrons. The van der Waals surface area contributed by atoms with Crippen LogP contribution in [0.25, 0.3) is 0 Å². The molecular weight excluding hydrogens is 160 g/mol. The Balaban J connectivity index is 2.24. The Bertz CT molecular complexity index is 184. The molecule has 1 unspecified atom stereocenters. The Labute approximate surface area is 81.2 Å². The van der Waals surface area contributed by atoms with Crippen LogP contribution in [0, 0.1) is 17.8 Å². The van der Waals surface area contributed by atoms with E-state index in [1.54, 1.807) is 0 Å². The molecule has 1 aliphatic carbocycles. The Morgan fingerprint density at radius 1 is 1.46 bits per heavy atom. The highest BCUT2D eigenvalue weighted by atomic mass is 15.2. The molecule has 0 aromatic rings. The van der Waals surface area contributed by atoms with Crippen molar-refractivity contribution >= 4 is 0 Å². The van der Waals surface area contributed by atoms with Crippen LogP contribution < -0.4 is 11.3 Å². The number of hydrogen-bond donors (Lipinski definition) is 2. The maximum absolute atomic E-state index is 5.47. The molecule has 0 saturated heterocycles. The zero-order valence-electron chi connectivity index (χ0n) is 8.47. The largest absolute Gasteiger partial charge is 0.271 e. The van der Waals surface area contributed by atoms with Crippen molar-refractivity contribution in [3.63, 3.8) is 0 Å². The molecule has 0 aromatic heterocycles. The lowest BCUT2D eigenvalue weighted by Gasteiger charge is -2.17. The van der Waals surface area contributed by atoms with Gasteiger partial charge in [0.05, 0.1) is 0 Å². The van der Waals surface area contributed by atoms with Crippen LogP contribution in [0.15, 0.2) is 0 Å². The van der Waals surface area contributed by atoms with Crippen LogP contribution in [-0.4, -0.2) is 6.04 Å². The van der Waals surface area contributed by atoms with E-state index in [1.165, 1.54) is 32.1 Å². The van der Waals surface area contributed by atoms with E-state index in [9.17, 15) is 0 Å². The van der Waals surface area contributed by atoms with Crippen molar-refractivity contribution < 1.29 is 0 Å². The lowest BCUT2D eigenvalue weighted by Crippen LogP contribution is -2.36. The first kappa shape index (κ1) is 10.6. The van der Waals surface area contributed by atoms with Crippen molar-refractivity contribution in [2.75, 3.05) is 0 Å². The van der Waals surface area contributed by atoms with E-state index in [0.29, 0.717) is 6.04 Å². The highest BCUT2D eigenvalue weighted by Crippen LogP contribution is 2.28. The van der Waals surface area contributed by atoms with E-state index in [2.05, 4.69) is 17.3 Å². The molecule has 0 bridgehead atoms. The summed E-state index contributed by atoms with van der Waals surface area (Å²) in [6, 6.07) is 0.399. The average Bonchev–Trinajstić information content (AvgIpc) is 2.64. The molecule has 0 amide bonds. The predicted octanol–water partition coefficient (Wildman–Crippen LogP) is 1.81. The van der Waals surface area contributed by atoms with Gasteiger partial charge in [-0.2, -0.15) is 0 Å². The standard InChI is InChI=1S/C11H20N2/c1-2-3-8-11(13-12)9-10-6-4-5-7-10/h10-11,13H,4-9,12H2,1H3. The first-order chi connectivity index (χ1) is 6.36. The molecule has 1 atom stereocenters. The Kier molecular flexibility index (Phi) is 4.88. The topological polar surface area (TPSA) is 38.0 Å². The van der Waals surface area contributed by atoms with Crippen molar-refractivity contribution in [3.05, 3.63) is 0 Å². The van der Waals surface area contributed by atoms with Crippen molar-refractivity contribution in [2.24, 2.45) is 11.8 Å². The van der Waals surface area contributed by atoms with Crippen LogP contribution in [0.1, 0.15) is 45.4 Å². The molecule has 0 aromatic carbocycles. The van der Waals surface area contributed by atoms with Gasteiger partial charge >= 0.3 is 0 Å². The molecule has 3 N–H and O–H groups in total. The number of hydrogen-bond acceptors (Lipinski definition) is 2. The monoisotopic (exact) mass is 180 g/mol. The van der Waals surface area contributed by atoms with Gasteiger partial charge in [0.25, 0.3) is 0 Å². The summed E-state index contributed by atoms with van der Waals surface area (Å²) in [5, 5.41) is 0. The van der Waals surface area contributed by atoms with Gasteiger partial charge in [0.2, 0.25) is 0 Å². The summed E-state index contributed by atoms with van der Waals surface area (Å²) in [5.74, 6) is 12.4. The second-order valence-electron chi connectivity index (χ2n) is 3.88.